The standard InChI is InChI=1S/C27H39N3OS2/c1-20(2)24-9-7-10-25(21(3)4)26(24)29-27(31)28-19-33(18-8-17-32-33)23-13-11-22(12-14-23)30-15-5-6-16-30/h7,9-14,20-21H,5-6,8,15-19H2,1-4H3,(H2,28,29,31). The van der Waals surface area contributed by atoms with Crippen LogP contribution in [0.15, 0.2) is 47.4 Å². The Bertz CT molecular complexity index is 920. The first-order valence-corrected chi connectivity index (χ1v) is 15.8. The molecule has 4 nitrogen and oxygen atoms in total. The molecule has 180 valence electrons. The minimum absolute atomic E-state index is 0.0851. The van der Waals surface area contributed by atoms with Crippen molar-refractivity contribution >= 4 is 37.3 Å². The van der Waals surface area contributed by atoms with E-state index in [9.17, 15) is 4.79 Å². The zero-order chi connectivity index (χ0) is 23.4. The molecule has 2 aromatic carbocycles. The number of anilines is 2. The highest BCUT2D eigenvalue weighted by Gasteiger charge is 2.32. The lowest BCUT2D eigenvalue weighted by Gasteiger charge is -2.35. The Hall–Kier alpha value is -1.79. The molecule has 2 aliphatic heterocycles. The normalized spacial score (nSPS) is 22.5. The molecule has 0 radical (unpaired) electrons. The highest BCUT2D eigenvalue weighted by molar-refractivity contribution is 8.94. The van der Waals surface area contributed by atoms with E-state index in [0.717, 1.165) is 11.6 Å². The van der Waals surface area contributed by atoms with Gasteiger partial charge in [-0.3, -0.25) is 0 Å². The van der Waals surface area contributed by atoms with Crippen LogP contribution in [-0.2, 0) is 0 Å². The summed E-state index contributed by atoms with van der Waals surface area (Å²) in [6.45, 7) is 11.1. The predicted octanol–water partition coefficient (Wildman–Crippen LogP) is 7.53. The number of carbonyl (C=O) groups excluding carboxylic acids is 1. The fourth-order valence-corrected chi connectivity index (χ4v) is 11.3. The Labute approximate surface area is 205 Å². The Morgan fingerprint density at radius 3 is 2.15 bits per heavy atom. The summed E-state index contributed by atoms with van der Waals surface area (Å²) in [5.74, 6) is 3.81. The van der Waals surface area contributed by atoms with Crippen molar-refractivity contribution < 1.29 is 4.79 Å². The summed E-state index contributed by atoms with van der Waals surface area (Å²) in [5.41, 5.74) is 4.72. The van der Waals surface area contributed by atoms with E-state index in [1.807, 2.05) is 0 Å². The topological polar surface area (TPSA) is 44.4 Å². The van der Waals surface area contributed by atoms with Crippen LogP contribution in [0.4, 0.5) is 16.2 Å². The second-order valence-corrected chi connectivity index (χ2v) is 15.8. The van der Waals surface area contributed by atoms with Crippen molar-refractivity contribution in [2.24, 2.45) is 0 Å². The first kappa shape index (κ1) is 24.3. The van der Waals surface area contributed by atoms with Crippen LogP contribution in [0.25, 0.3) is 0 Å². The summed E-state index contributed by atoms with van der Waals surface area (Å²) >= 11 is 0. The maximum Gasteiger partial charge on any atom is 0.319 e. The summed E-state index contributed by atoms with van der Waals surface area (Å²) in [6.07, 6.45) is 3.82. The molecule has 0 spiro atoms. The molecule has 2 fully saturated rings. The second kappa shape index (κ2) is 10.6. The van der Waals surface area contributed by atoms with E-state index >= 15 is 0 Å². The molecule has 1 atom stereocenters. The largest absolute Gasteiger partial charge is 0.372 e. The Balaban J connectivity index is 1.47. The lowest BCUT2D eigenvalue weighted by molar-refractivity contribution is 0.253. The number of hydrogen-bond acceptors (Lipinski definition) is 3. The molecule has 1 unspecified atom stereocenters. The zero-order valence-electron chi connectivity index (χ0n) is 20.5. The Kier molecular flexibility index (Phi) is 7.85. The molecule has 2 N–H and O–H groups in total. The van der Waals surface area contributed by atoms with E-state index in [2.05, 4.69) is 96.5 Å². The van der Waals surface area contributed by atoms with Crippen LogP contribution in [0.2, 0.25) is 0 Å². The lowest BCUT2D eigenvalue weighted by atomic mass is 9.93. The van der Waals surface area contributed by atoms with Gasteiger partial charge in [0.1, 0.15) is 0 Å². The van der Waals surface area contributed by atoms with Crippen molar-refractivity contribution in [1.82, 2.24) is 5.32 Å². The molecule has 0 bridgehead atoms. The van der Waals surface area contributed by atoms with Crippen molar-refractivity contribution in [3.8, 4) is 0 Å². The van der Waals surface area contributed by atoms with Gasteiger partial charge in [0.15, 0.2) is 0 Å². The van der Waals surface area contributed by atoms with Gasteiger partial charge in [-0.2, -0.15) is 0 Å². The van der Waals surface area contributed by atoms with E-state index in [1.165, 1.54) is 65.6 Å². The quantitative estimate of drug-likeness (QED) is 0.398. The number of benzene rings is 2. The Morgan fingerprint density at radius 1 is 0.970 bits per heavy atom. The van der Waals surface area contributed by atoms with Crippen molar-refractivity contribution in [2.45, 2.75) is 63.7 Å². The molecule has 33 heavy (non-hydrogen) atoms. The van der Waals surface area contributed by atoms with Gasteiger partial charge >= 0.3 is 6.03 Å². The number of urea groups is 1. The molecular formula is C27H39N3OS2. The van der Waals surface area contributed by atoms with Crippen molar-refractivity contribution in [1.29, 1.82) is 0 Å². The van der Waals surface area contributed by atoms with Gasteiger partial charge in [-0.05, 0) is 72.2 Å². The Morgan fingerprint density at radius 2 is 1.61 bits per heavy atom. The van der Waals surface area contributed by atoms with Crippen molar-refractivity contribution in [3.63, 3.8) is 0 Å². The van der Waals surface area contributed by atoms with Gasteiger partial charge in [0.25, 0.3) is 0 Å². The van der Waals surface area contributed by atoms with Gasteiger partial charge in [-0.15, -0.1) is 19.9 Å². The molecule has 6 heteroatoms. The first-order valence-electron chi connectivity index (χ1n) is 12.4. The number of nitrogens with zero attached hydrogens (tertiary/aromatic N) is 1. The summed E-state index contributed by atoms with van der Waals surface area (Å²) in [5, 5.41) is 6.50. The average Bonchev–Trinajstić information content (AvgIpc) is 3.51. The van der Waals surface area contributed by atoms with Gasteiger partial charge in [0, 0.05) is 35.1 Å². The molecule has 2 amide bonds. The smallest absolute Gasteiger partial charge is 0.319 e. The molecule has 0 aliphatic carbocycles. The highest BCUT2D eigenvalue weighted by atomic mass is 33.2. The monoisotopic (exact) mass is 485 g/mol. The van der Waals surface area contributed by atoms with E-state index in [4.69, 9.17) is 0 Å². The number of carbonyl (C=O) groups is 1. The minimum atomic E-state index is -1.09. The van der Waals surface area contributed by atoms with E-state index < -0.39 is 9.06 Å². The SMILES string of the molecule is CC(C)c1cccc(C(C)C)c1NC(=O)NCS1(c2ccc(N3CCCC3)cc2)CCCS1. The number of hydrogen-bond donors (Lipinski definition) is 2. The maximum atomic E-state index is 13.1. The zero-order valence-corrected chi connectivity index (χ0v) is 22.2. The molecule has 0 aromatic heterocycles. The van der Waals surface area contributed by atoms with Crippen LogP contribution in [0.1, 0.15) is 69.9 Å². The molecule has 4 rings (SSSR count). The van der Waals surface area contributed by atoms with Gasteiger partial charge in [0.2, 0.25) is 0 Å². The van der Waals surface area contributed by atoms with Crippen LogP contribution in [0.3, 0.4) is 0 Å². The van der Waals surface area contributed by atoms with Crippen LogP contribution >= 0.6 is 19.9 Å². The lowest BCUT2D eigenvalue weighted by Crippen LogP contribution is -2.32. The number of nitrogens with one attached hydrogen (secondary N) is 2. The van der Waals surface area contributed by atoms with E-state index in [0.29, 0.717) is 11.8 Å². The third kappa shape index (κ3) is 5.48. The maximum absolute atomic E-state index is 13.1. The minimum Gasteiger partial charge on any atom is -0.372 e. The summed E-state index contributed by atoms with van der Waals surface area (Å²) in [4.78, 5) is 17.0. The fraction of sp³-hybridized carbons (Fsp3) is 0.519. The predicted molar refractivity (Wildman–Crippen MR) is 147 cm³/mol. The molecular weight excluding hydrogens is 446 g/mol. The van der Waals surface area contributed by atoms with Crippen LogP contribution < -0.4 is 15.5 Å². The van der Waals surface area contributed by atoms with Gasteiger partial charge in [-0.1, -0.05) is 45.9 Å². The van der Waals surface area contributed by atoms with Crippen LogP contribution in [0, 0.1) is 0 Å². The number of amides is 2. The van der Waals surface area contributed by atoms with Crippen molar-refractivity contribution in [2.75, 3.05) is 40.7 Å². The van der Waals surface area contributed by atoms with Crippen LogP contribution in [0.5, 0.6) is 0 Å². The third-order valence-electron chi connectivity index (χ3n) is 6.74. The number of rotatable bonds is 7. The highest BCUT2D eigenvalue weighted by Crippen LogP contribution is 2.69. The van der Waals surface area contributed by atoms with E-state index in [-0.39, 0.29) is 6.03 Å². The van der Waals surface area contributed by atoms with E-state index in [1.54, 1.807) is 0 Å². The summed E-state index contributed by atoms with van der Waals surface area (Å²) < 4.78 is 0. The number of para-hydroxylation sites is 1. The molecule has 2 aliphatic rings. The molecule has 2 heterocycles. The first-order chi connectivity index (χ1) is 15.9. The summed E-state index contributed by atoms with van der Waals surface area (Å²) in [7, 11) is 0.978. The van der Waals surface area contributed by atoms with Gasteiger partial charge < -0.3 is 15.5 Å². The fourth-order valence-electron chi connectivity index (χ4n) is 4.87. The molecule has 2 saturated heterocycles. The van der Waals surface area contributed by atoms with Gasteiger partial charge in [-0.25, -0.2) is 4.79 Å². The van der Waals surface area contributed by atoms with Crippen molar-refractivity contribution in [3.05, 3.63) is 53.6 Å². The molecule has 0 saturated carbocycles. The average molecular weight is 486 g/mol. The third-order valence-corrected chi connectivity index (χ3v) is 13.6. The van der Waals surface area contributed by atoms with Crippen LogP contribution in [-0.4, -0.2) is 36.5 Å². The molecule has 2 aromatic rings. The summed E-state index contributed by atoms with van der Waals surface area (Å²) in [6, 6.07) is 15.5. The second-order valence-electron chi connectivity index (χ2n) is 9.78. The van der Waals surface area contributed by atoms with Gasteiger partial charge in [0.05, 0.1) is 5.88 Å².